The van der Waals surface area contributed by atoms with Crippen LogP contribution in [0.15, 0.2) is 18.3 Å². The monoisotopic (exact) mass is 245 g/mol. The number of hydrogen-bond acceptors (Lipinski definition) is 4. The summed E-state index contributed by atoms with van der Waals surface area (Å²) in [4.78, 5) is 4.45. The molecule has 2 aromatic heterocycles. The Balaban J connectivity index is 2.35. The maximum Gasteiger partial charge on any atom is 0.0800 e. The molecule has 0 radical (unpaired) electrons. The zero-order valence-corrected chi connectivity index (χ0v) is 11.1. The molecule has 2 rings (SSSR count). The van der Waals surface area contributed by atoms with E-state index < -0.39 is 0 Å². The highest BCUT2D eigenvalue weighted by Crippen LogP contribution is 2.21. The van der Waals surface area contributed by atoms with Crippen molar-refractivity contribution in [2.24, 2.45) is 5.73 Å². The second kappa shape index (κ2) is 5.27. The molecule has 0 fully saturated rings. The van der Waals surface area contributed by atoms with Gasteiger partial charge in [-0.1, -0.05) is 18.2 Å². The second-order valence-corrected chi connectivity index (χ2v) is 4.49. The van der Waals surface area contributed by atoms with Gasteiger partial charge in [-0.25, -0.2) is 4.68 Å². The largest absolute Gasteiger partial charge is 0.319 e. The molecule has 0 aliphatic heterocycles. The Bertz CT molecular complexity index is 532. The lowest BCUT2D eigenvalue weighted by Gasteiger charge is -2.15. The second-order valence-electron chi connectivity index (χ2n) is 4.49. The summed E-state index contributed by atoms with van der Waals surface area (Å²) < 4.78 is 1.87. The molecule has 2 aromatic rings. The van der Waals surface area contributed by atoms with E-state index in [1.165, 1.54) is 0 Å². The zero-order valence-electron chi connectivity index (χ0n) is 11.1. The zero-order chi connectivity index (χ0) is 13.1. The van der Waals surface area contributed by atoms with Gasteiger partial charge in [-0.15, -0.1) is 5.10 Å². The summed E-state index contributed by atoms with van der Waals surface area (Å²) in [5.74, 6) is 0. The lowest BCUT2D eigenvalue weighted by Crippen LogP contribution is -2.19. The number of nitrogens with zero attached hydrogens (tertiary/aromatic N) is 4. The van der Waals surface area contributed by atoms with Gasteiger partial charge < -0.3 is 5.73 Å². The Morgan fingerprint density at radius 3 is 2.78 bits per heavy atom. The molecule has 1 unspecified atom stereocenters. The molecule has 0 aromatic carbocycles. The van der Waals surface area contributed by atoms with E-state index in [0.717, 1.165) is 35.6 Å². The molecule has 0 aliphatic rings. The third kappa shape index (κ3) is 2.41. The first-order chi connectivity index (χ1) is 8.63. The molecule has 2 N–H and O–H groups in total. The fourth-order valence-electron chi connectivity index (χ4n) is 2.08. The van der Waals surface area contributed by atoms with Crippen LogP contribution in [0.3, 0.4) is 0 Å². The van der Waals surface area contributed by atoms with Crippen LogP contribution in [-0.4, -0.2) is 20.0 Å². The highest BCUT2D eigenvalue weighted by Gasteiger charge is 2.17. The summed E-state index contributed by atoms with van der Waals surface area (Å²) in [6.45, 7) is 6.90. The van der Waals surface area contributed by atoms with Crippen LogP contribution in [0.4, 0.5) is 0 Å². The van der Waals surface area contributed by atoms with E-state index in [-0.39, 0.29) is 6.04 Å². The molecule has 18 heavy (non-hydrogen) atoms. The Morgan fingerprint density at radius 1 is 1.33 bits per heavy atom. The van der Waals surface area contributed by atoms with Gasteiger partial charge in [-0.3, -0.25) is 4.98 Å². The van der Waals surface area contributed by atoms with Gasteiger partial charge in [0.05, 0.1) is 17.9 Å². The molecule has 5 nitrogen and oxygen atoms in total. The SMILES string of the molecule is CCCn1nncc1C(N)c1ccc(C)nc1C. The maximum atomic E-state index is 6.30. The van der Waals surface area contributed by atoms with E-state index in [0.29, 0.717) is 0 Å². The Morgan fingerprint density at radius 2 is 2.11 bits per heavy atom. The van der Waals surface area contributed by atoms with Crippen molar-refractivity contribution in [1.82, 2.24) is 20.0 Å². The normalized spacial score (nSPS) is 12.7. The van der Waals surface area contributed by atoms with Gasteiger partial charge in [0.2, 0.25) is 0 Å². The van der Waals surface area contributed by atoms with Gasteiger partial charge in [0.25, 0.3) is 0 Å². The van der Waals surface area contributed by atoms with Crippen molar-refractivity contribution in [3.8, 4) is 0 Å². The number of aryl methyl sites for hydroxylation is 3. The lowest BCUT2D eigenvalue weighted by atomic mass is 10.0. The molecule has 0 saturated heterocycles. The van der Waals surface area contributed by atoms with E-state index in [9.17, 15) is 0 Å². The summed E-state index contributed by atoms with van der Waals surface area (Å²) >= 11 is 0. The minimum atomic E-state index is -0.223. The molecule has 1 atom stereocenters. The first-order valence-electron chi connectivity index (χ1n) is 6.21. The van der Waals surface area contributed by atoms with Crippen molar-refractivity contribution < 1.29 is 0 Å². The van der Waals surface area contributed by atoms with Gasteiger partial charge >= 0.3 is 0 Å². The van der Waals surface area contributed by atoms with Gasteiger partial charge in [-0.05, 0) is 31.9 Å². The van der Waals surface area contributed by atoms with Crippen LogP contribution in [0.25, 0.3) is 0 Å². The molecule has 0 aliphatic carbocycles. The summed E-state index contributed by atoms with van der Waals surface area (Å²) in [7, 11) is 0. The predicted octanol–water partition coefficient (Wildman–Crippen LogP) is 1.75. The van der Waals surface area contributed by atoms with Crippen molar-refractivity contribution in [3.63, 3.8) is 0 Å². The van der Waals surface area contributed by atoms with Gasteiger partial charge in [0.15, 0.2) is 0 Å². The van der Waals surface area contributed by atoms with Gasteiger partial charge in [-0.2, -0.15) is 0 Å². The molecule has 0 bridgehead atoms. The molecular weight excluding hydrogens is 226 g/mol. The maximum absolute atomic E-state index is 6.30. The fourth-order valence-corrected chi connectivity index (χ4v) is 2.08. The molecule has 0 amide bonds. The van der Waals surface area contributed by atoms with Gasteiger partial charge in [0, 0.05) is 17.9 Å². The summed E-state index contributed by atoms with van der Waals surface area (Å²) in [5.41, 5.74) is 10.2. The first kappa shape index (κ1) is 12.7. The average molecular weight is 245 g/mol. The number of aromatic nitrogens is 4. The van der Waals surface area contributed by atoms with Crippen LogP contribution >= 0.6 is 0 Å². The standard InChI is InChI=1S/C13H19N5/c1-4-7-18-12(8-15-17-18)13(14)11-6-5-9(2)16-10(11)3/h5-6,8,13H,4,7,14H2,1-3H3. The molecule has 2 heterocycles. The molecular formula is C13H19N5. The van der Waals surface area contributed by atoms with Crippen LogP contribution in [0.1, 0.15) is 42.0 Å². The Labute approximate surface area is 107 Å². The van der Waals surface area contributed by atoms with Crippen LogP contribution in [-0.2, 0) is 6.54 Å². The fraction of sp³-hybridized carbons (Fsp3) is 0.462. The van der Waals surface area contributed by atoms with Gasteiger partial charge in [0.1, 0.15) is 0 Å². The van der Waals surface area contributed by atoms with Crippen molar-refractivity contribution in [3.05, 3.63) is 41.0 Å². The number of nitrogens with two attached hydrogens (primary N) is 1. The molecule has 0 spiro atoms. The molecule has 96 valence electrons. The van der Waals surface area contributed by atoms with E-state index in [2.05, 4.69) is 22.2 Å². The van der Waals surface area contributed by atoms with Crippen LogP contribution in [0.2, 0.25) is 0 Å². The minimum absolute atomic E-state index is 0.223. The quantitative estimate of drug-likeness (QED) is 0.891. The minimum Gasteiger partial charge on any atom is -0.319 e. The summed E-state index contributed by atoms with van der Waals surface area (Å²) in [5, 5.41) is 8.01. The number of hydrogen-bond donors (Lipinski definition) is 1. The van der Waals surface area contributed by atoms with E-state index >= 15 is 0 Å². The lowest BCUT2D eigenvalue weighted by molar-refractivity contribution is 0.542. The van der Waals surface area contributed by atoms with Crippen LogP contribution < -0.4 is 5.73 Å². The average Bonchev–Trinajstić information content (AvgIpc) is 2.77. The number of pyridine rings is 1. The topological polar surface area (TPSA) is 69.6 Å². The van der Waals surface area contributed by atoms with Crippen molar-refractivity contribution in [2.75, 3.05) is 0 Å². The summed E-state index contributed by atoms with van der Waals surface area (Å²) in [6.07, 6.45) is 2.74. The first-order valence-corrected chi connectivity index (χ1v) is 6.21. The van der Waals surface area contributed by atoms with E-state index in [4.69, 9.17) is 5.73 Å². The Hall–Kier alpha value is -1.75. The van der Waals surface area contributed by atoms with E-state index in [1.54, 1.807) is 6.20 Å². The van der Waals surface area contributed by atoms with Crippen LogP contribution in [0, 0.1) is 13.8 Å². The smallest absolute Gasteiger partial charge is 0.0800 e. The molecule has 5 heteroatoms. The number of rotatable bonds is 4. The van der Waals surface area contributed by atoms with Crippen molar-refractivity contribution >= 4 is 0 Å². The third-order valence-corrected chi connectivity index (χ3v) is 3.00. The third-order valence-electron chi connectivity index (χ3n) is 3.00. The van der Waals surface area contributed by atoms with E-state index in [1.807, 2.05) is 30.7 Å². The van der Waals surface area contributed by atoms with Crippen molar-refractivity contribution in [2.45, 2.75) is 39.8 Å². The summed E-state index contributed by atoms with van der Waals surface area (Å²) in [6, 6.07) is 3.79. The Kier molecular flexibility index (Phi) is 3.72. The highest BCUT2D eigenvalue weighted by atomic mass is 15.4. The molecule has 0 saturated carbocycles. The van der Waals surface area contributed by atoms with Crippen molar-refractivity contribution in [1.29, 1.82) is 0 Å². The highest BCUT2D eigenvalue weighted by molar-refractivity contribution is 5.30. The predicted molar refractivity (Wildman–Crippen MR) is 70.1 cm³/mol. The van der Waals surface area contributed by atoms with Crippen LogP contribution in [0.5, 0.6) is 0 Å².